The smallest absolute Gasteiger partial charge is 0.291 e. The second-order valence-corrected chi connectivity index (χ2v) is 11.4. The molecule has 2 aromatic carbocycles. The molecule has 1 saturated carbocycles. The number of nitriles is 1. The quantitative estimate of drug-likeness (QED) is 0.338. The first kappa shape index (κ1) is 24.6. The van der Waals surface area contributed by atoms with Crippen LogP contribution in [0.3, 0.4) is 0 Å². The fraction of sp³-hybridized carbons (Fsp3) is 0.276. The molecular weight excluding hydrogens is 529 g/mol. The van der Waals surface area contributed by atoms with Gasteiger partial charge < -0.3 is 14.4 Å². The third-order valence-corrected chi connectivity index (χ3v) is 8.60. The Bertz CT molecular complexity index is 2010. The van der Waals surface area contributed by atoms with Crippen LogP contribution in [-0.4, -0.2) is 57.3 Å². The summed E-state index contributed by atoms with van der Waals surface area (Å²) in [6.45, 7) is 3.15. The van der Waals surface area contributed by atoms with Gasteiger partial charge in [0.1, 0.15) is 5.82 Å². The normalized spacial score (nSPS) is 16.7. The minimum atomic E-state index is -0.419. The van der Waals surface area contributed by atoms with Gasteiger partial charge in [0.05, 0.1) is 32.9 Å². The van der Waals surface area contributed by atoms with Gasteiger partial charge in [-0.05, 0) is 55.8 Å². The SMILES string of the molecule is CN1CCN(c2cc3c(cc2F)c(=O)c(-c2nc4s/c(=C\c5ccc(C#N)cc5)c(=O)n4n2)cn3C2CC2)CC1. The van der Waals surface area contributed by atoms with Crippen molar-refractivity contribution < 1.29 is 4.39 Å². The van der Waals surface area contributed by atoms with Crippen LogP contribution >= 0.6 is 11.3 Å². The second-order valence-electron chi connectivity index (χ2n) is 10.4. The molecule has 200 valence electrons. The number of piperazine rings is 1. The lowest BCUT2D eigenvalue weighted by Gasteiger charge is -2.34. The van der Waals surface area contributed by atoms with E-state index in [1.54, 1.807) is 42.6 Å². The number of rotatable bonds is 4. The summed E-state index contributed by atoms with van der Waals surface area (Å²) in [4.78, 5) is 35.9. The van der Waals surface area contributed by atoms with E-state index >= 15 is 4.39 Å². The molecule has 5 aromatic rings. The van der Waals surface area contributed by atoms with E-state index in [9.17, 15) is 9.59 Å². The van der Waals surface area contributed by atoms with Gasteiger partial charge >= 0.3 is 0 Å². The number of thiazole rings is 1. The number of hydrogen-bond acceptors (Lipinski definition) is 8. The monoisotopic (exact) mass is 553 g/mol. The Morgan fingerprint density at radius 2 is 1.85 bits per heavy atom. The zero-order valence-electron chi connectivity index (χ0n) is 21.7. The average Bonchev–Trinajstić information content (AvgIpc) is 3.66. The zero-order valence-corrected chi connectivity index (χ0v) is 22.5. The Balaban J connectivity index is 1.32. The van der Waals surface area contributed by atoms with Gasteiger partial charge in [-0.1, -0.05) is 23.5 Å². The summed E-state index contributed by atoms with van der Waals surface area (Å²) in [6, 6.07) is 12.4. The highest BCUT2D eigenvalue weighted by Crippen LogP contribution is 2.39. The summed E-state index contributed by atoms with van der Waals surface area (Å²) < 4.78 is 19.1. The molecule has 0 bridgehead atoms. The summed E-state index contributed by atoms with van der Waals surface area (Å²) in [5.74, 6) is -0.268. The Kier molecular flexibility index (Phi) is 5.76. The van der Waals surface area contributed by atoms with Crippen molar-refractivity contribution in [2.75, 3.05) is 38.1 Å². The molecule has 0 unspecified atom stereocenters. The topological polar surface area (TPSA) is 99.5 Å². The van der Waals surface area contributed by atoms with E-state index in [1.807, 2.05) is 9.47 Å². The van der Waals surface area contributed by atoms with Crippen LogP contribution in [0.25, 0.3) is 33.3 Å². The van der Waals surface area contributed by atoms with E-state index in [0.29, 0.717) is 26.3 Å². The van der Waals surface area contributed by atoms with Gasteiger partial charge in [-0.25, -0.2) is 4.39 Å². The molecule has 11 heteroatoms. The third kappa shape index (κ3) is 4.16. The van der Waals surface area contributed by atoms with Gasteiger partial charge in [0.2, 0.25) is 10.4 Å². The van der Waals surface area contributed by atoms with Gasteiger partial charge in [-0.2, -0.15) is 14.8 Å². The van der Waals surface area contributed by atoms with Gasteiger partial charge in [-0.15, -0.1) is 5.10 Å². The lowest BCUT2D eigenvalue weighted by Crippen LogP contribution is -2.44. The molecule has 0 spiro atoms. The number of halogens is 1. The number of hydrogen-bond donors (Lipinski definition) is 0. The van der Waals surface area contributed by atoms with Crippen LogP contribution < -0.4 is 20.4 Å². The van der Waals surface area contributed by atoms with E-state index < -0.39 is 5.82 Å². The Morgan fingerprint density at radius 3 is 2.52 bits per heavy atom. The lowest BCUT2D eigenvalue weighted by atomic mass is 10.1. The zero-order chi connectivity index (χ0) is 27.5. The Hall–Kier alpha value is -4.40. The fourth-order valence-electron chi connectivity index (χ4n) is 5.22. The van der Waals surface area contributed by atoms with E-state index in [4.69, 9.17) is 5.26 Å². The predicted octanol–water partition coefficient (Wildman–Crippen LogP) is 2.78. The number of nitrogens with zero attached hydrogens (tertiary/aromatic N) is 7. The molecule has 4 heterocycles. The number of fused-ring (bicyclic) bond motifs is 2. The molecule has 9 nitrogen and oxygen atoms in total. The molecule has 0 N–H and O–H groups in total. The summed E-state index contributed by atoms with van der Waals surface area (Å²) in [5, 5.41) is 13.7. The van der Waals surface area contributed by atoms with Crippen molar-refractivity contribution in [2.45, 2.75) is 18.9 Å². The third-order valence-electron chi connectivity index (χ3n) is 7.65. The molecule has 1 aliphatic heterocycles. The largest absolute Gasteiger partial charge is 0.367 e. The van der Waals surface area contributed by atoms with Crippen molar-refractivity contribution >= 4 is 39.0 Å². The van der Waals surface area contributed by atoms with E-state index in [1.165, 1.54) is 21.9 Å². The van der Waals surface area contributed by atoms with Crippen molar-refractivity contribution in [3.8, 4) is 17.5 Å². The molecule has 0 atom stereocenters. The molecule has 2 aliphatic rings. The molecule has 1 aliphatic carbocycles. The van der Waals surface area contributed by atoms with Crippen molar-refractivity contribution in [2.24, 2.45) is 0 Å². The molecule has 0 amide bonds. The van der Waals surface area contributed by atoms with Crippen molar-refractivity contribution in [1.82, 2.24) is 24.1 Å². The summed E-state index contributed by atoms with van der Waals surface area (Å²) >= 11 is 1.18. The maximum absolute atomic E-state index is 15.4. The number of pyridine rings is 1. The predicted molar refractivity (Wildman–Crippen MR) is 152 cm³/mol. The minimum Gasteiger partial charge on any atom is -0.367 e. The van der Waals surface area contributed by atoms with Crippen LogP contribution in [0, 0.1) is 17.1 Å². The van der Waals surface area contributed by atoms with Crippen LogP contribution in [-0.2, 0) is 0 Å². The van der Waals surface area contributed by atoms with Crippen molar-refractivity contribution in [3.63, 3.8) is 0 Å². The summed E-state index contributed by atoms with van der Waals surface area (Å²) in [6.07, 6.45) is 5.44. The number of benzene rings is 2. The van der Waals surface area contributed by atoms with Crippen LogP contribution in [0.4, 0.5) is 10.1 Å². The van der Waals surface area contributed by atoms with Crippen LogP contribution in [0.2, 0.25) is 0 Å². The lowest BCUT2D eigenvalue weighted by molar-refractivity contribution is 0.312. The maximum atomic E-state index is 15.4. The molecule has 0 radical (unpaired) electrons. The van der Waals surface area contributed by atoms with E-state index in [2.05, 4.69) is 28.1 Å². The molecule has 7 rings (SSSR count). The van der Waals surface area contributed by atoms with Gasteiger partial charge in [0.25, 0.3) is 5.56 Å². The second kappa shape index (κ2) is 9.36. The molecule has 1 saturated heterocycles. The minimum absolute atomic E-state index is 0.151. The fourth-order valence-corrected chi connectivity index (χ4v) is 6.12. The molecular formula is C29H24FN7O2S. The summed E-state index contributed by atoms with van der Waals surface area (Å²) in [7, 11) is 2.05. The highest BCUT2D eigenvalue weighted by molar-refractivity contribution is 7.15. The van der Waals surface area contributed by atoms with E-state index in [0.717, 1.165) is 44.6 Å². The first-order chi connectivity index (χ1) is 19.4. The number of anilines is 1. The van der Waals surface area contributed by atoms with Gasteiger partial charge in [0, 0.05) is 43.8 Å². The van der Waals surface area contributed by atoms with Crippen LogP contribution in [0.1, 0.15) is 30.0 Å². The molecule has 40 heavy (non-hydrogen) atoms. The Labute approximate surface area is 231 Å². The van der Waals surface area contributed by atoms with Crippen LogP contribution in [0.5, 0.6) is 0 Å². The standard InChI is InChI=1S/C29H24FN7O2S/c1-34-8-10-35(11-9-34)24-14-23-20(13-22(24)30)26(38)21(16-36(23)19-6-7-19)27-32-29-37(33-27)28(39)25(40-29)12-17-2-4-18(15-31)5-3-17/h2-5,12-14,16,19H,6-11H2,1H3/b25-12-. The summed E-state index contributed by atoms with van der Waals surface area (Å²) in [5.41, 5.74) is 2.09. The molecule has 3 aromatic heterocycles. The Morgan fingerprint density at radius 1 is 1.10 bits per heavy atom. The number of likely N-dealkylation sites (N-methyl/N-ethyl adjacent to an activating group) is 1. The highest BCUT2D eigenvalue weighted by atomic mass is 32.1. The average molecular weight is 554 g/mol. The van der Waals surface area contributed by atoms with Crippen LogP contribution in [0.15, 0.2) is 52.2 Å². The molecule has 2 fully saturated rings. The first-order valence-corrected chi connectivity index (χ1v) is 13.9. The van der Waals surface area contributed by atoms with Crippen molar-refractivity contribution in [3.05, 3.63) is 84.6 Å². The van der Waals surface area contributed by atoms with E-state index in [-0.39, 0.29) is 33.8 Å². The number of aromatic nitrogens is 4. The van der Waals surface area contributed by atoms with Crippen molar-refractivity contribution in [1.29, 1.82) is 5.26 Å². The first-order valence-electron chi connectivity index (χ1n) is 13.1. The van der Waals surface area contributed by atoms with Gasteiger partial charge in [0.15, 0.2) is 5.82 Å². The maximum Gasteiger partial charge on any atom is 0.291 e. The van der Waals surface area contributed by atoms with Gasteiger partial charge in [-0.3, -0.25) is 9.59 Å². The highest BCUT2D eigenvalue weighted by Gasteiger charge is 2.28.